The second-order valence-electron chi connectivity index (χ2n) is 6.12. The number of nitrogens with zero attached hydrogens (tertiary/aromatic N) is 1. The molecule has 3 rings (SSSR count). The summed E-state index contributed by atoms with van der Waals surface area (Å²) in [4.78, 5) is 12.2. The molecule has 0 aliphatic carbocycles. The molecule has 8 nitrogen and oxygen atoms in total. The Morgan fingerprint density at radius 3 is 2.23 bits per heavy atom. The van der Waals surface area contributed by atoms with Crippen molar-refractivity contribution in [1.29, 1.82) is 0 Å². The minimum absolute atomic E-state index is 0. The fraction of sp³-hybridized carbons (Fsp3) is 0.222. The molecule has 0 fully saturated rings. The number of H-pyrrole nitrogens is 1. The smallest absolute Gasteiger partial charge is 0.416 e. The van der Waals surface area contributed by atoms with Gasteiger partial charge >= 0.3 is 6.18 Å². The SMILES string of the molecule is COc1cc2c(-c3ccc(CN[SH](=O)=O)c(C(F)(F)F)c3)n[nH]c(=O)c2cc1OC.Cl. The van der Waals surface area contributed by atoms with Gasteiger partial charge in [-0.2, -0.15) is 18.3 Å². The first kappa shape index (κ1) is 24.4. The molecule has 2 N–H and O–H groups in total. The Balaban J connectivity index is 0.00000341. The third kappa shape index (κ3) is 5.09. The predicted octanol–water partition coefficient (Wildman–Crippen LogP) is 2.66. The van der Waals surface area contributed by atoms with E-state index in [4.69, 9.17) is 9.47 Å². The molecule has 2 aromatic carbocycles. The number of halogens is 4. The number of rotatable bonds is 6. The molecule has 13 heteroatoms. The minimum atomic E-state index is -4.74. The van der Waals surface area contributed by atoms with Gasteiger partial charge < -0.3 is 9.47 Å². The summed E-state index contributed by atoms with van der Waals surface area (Å²) in [5, 5.41) is 6.60. The van der Waals surface area contributed by atoms with Crippen LogP contribution in [-0.4, -0.2) is 32.8 Å². The number of hydrogen-bond acceptors (Lipinski definition) is 6. The third-order valence-electron chi connectivity index (χ3n) is 4.38. The Labute approximate surface area is 181 Å². The molecule has 0 saturated heterocycles. The van der Waals surface area contributed by atoms with Crippen molar-refractivity contribution in [3.05, 3.63) is 51.8 Å². The van der Waals surface area contributed by atoms with E-state index in [-0.39, 0.29) is 51.5 Å². The summed E-state index contributed by atoms with van der Waals surface area (Å²) in [7, 11) is -0.287. The van der Waals surface area contributed by atoms with E-state index >= 15 is 0 Å². The van der Waals surface area contributed by atoms with Crippen molar-refractivity contribution in [2.75, 3.05) is 14.2 Å². The summed E-state index contributed by atoms with van der Waals surface area (Å²) < 4.78 is 74.4. The third-order valence-corrected chi connectivity index (χ3v) is 4.80. The number of methoxy groups -OCH3 is 2. The predicted molar refractivity (Wildman–Crippen MR) is 110 cm³/mol. The Kier molecular flexibility index (Phi) is 7.52. The summed E-state index contributed by atoms with van der Waals surface area (Å²) in [6.45, 7) is -0.515. The van der Waals surface area contributed by atoms with Crippen LogP contribution in [0.5, 0.6) is 11.5 Å². The summed E-state index contributed by atoms with van der Waals surface area (Å²) in [5.41, 5.74) is -1.66. The average molecular weight is 480 g/mol. The quantitative estimate of drug-likeness (QED) is 0.469. The van der Waals surface area contributed by atoms with Crippen molar-refractivity contribution < 1.29 is 31.1 Å². The molecule has 0 amide bonds. The average Bonchev–Trinajstić information content (AvgIpc) is 2.71. The maximum Gasteiger partial charge on any atom is 0.416 e. The molecular formula is C18H17ClF3N3O5S. The van der Waals surface area contributed by atoms with Gasteiger partial charge in [0.1, 0.15) is 0 Å². The zero-order valence-electron chi connectivity index (χ0n) is 16.1. The van der Waals surface area contributed by atoms with Crippen LogP contribution >= 0.6 is 12.4 Å². The molecule has 0 saturated carbocycles. The lowest BCUT2D eigenvalue weighted by atomic mass is 9.99. The van der Waals surface area contributed by atoms with Crippen molar-refractivity contribution in [2.45, 2.75) is 12.7 Å². The van der Waals surface area contributed by atoms with Crippen LogP contribution in [-0.2, 0) is 23.6 Å². The highest BCUT2D eigenvalue weighted by Crippen LogP contribution is 2.38. The molecule has 0 unspecified atom stereocenters. The molecule has 31 heavy (non-hydrogen) atoms. The van der Waals surface area contributed by atoms with E-state index in [1.807, 2.05) is 4.72 Å². The van der Waals surface area contributed by atoms with E-state index in [0.717, 1.165) is 12.1 Å². The molecule has 0 spiro atoms. The van der Waals surface area contributed by atoms with Crippen molar-refractivity contribution in [3.63, 3.8) is 0 Å². The monoisotopic (exact) mass is 479 g/mol. The fourth-order valence-corrected chi connectivity index (χ4v) is 3.30. The highest BCUT2D eigenvalue weighted by molar-refractivity contribution is 7.70. The molecule has 0 aliphatic heterocycles. The molecule has 1 heterocycles. The highest BCUT2D eigenvalue weighted by atomic mass is 35.5. The molecule has 0 radical (unpaired) electrons. The summed E-state index contributed by atoms with van der Waals surface area (Å²) in [6, 6.07) is 6.23. The van der Waals surface area contributed by atoms with E-state index in [1.54, 1.807) is 0 Å². The lowest BCUT2D eigenvalue weighted by molar-refractivity contribution is -0.138. The van der Waals surface area contributed by atoms with Crippen LogP contribution in [0.1, 0.15) is 11.1 Å². The van der Waals surface area contributed by atoms with Gasteiger partial charge in [-0.25, -0.2) is 18.2 Å². The van der Waals surface area contributed by atoms with Gasteiger partial charge in [0, 0.05) is 17.5 Å². The van der Waals surface area contributed by atoms with Crippen molar-refractivity contribution in [2.24, 2.45) is 0 Å². The zero-order valence-corrected chi connectivity index (χ0v) is 17.8. The van der Waals surface area contributed by atoms with Crippen molar-refractivity contribution in [1.82, 2.24) is 14.9 Å². The number of alkyl halides is 3. The van der Waals surface area contributed by atoms with E-state index in [9.17, 15) is 26.4 Å². The van der Waals surface area contributed by atoms with Crippen LogP contribution < -0.4 is 19.8 Å². The van der Waals surface area contributed by atoms with Gasteiger partial charge in [0.25, 0.3) is 5.56 Å². The van der Waals surface area contributed by atoms with Gasteiger partial charge in [-0.1, -0.05) is 12.1 Å². The number of thiol groups is 1. The normalized spacial score (nSPS) is 11.4. The van der Waals surface area contributed by atoms with Gasteiger partial charge in [-0.05, 0) is 23.8 Å². The van der Waals surface area contributed by atoms with Gasteiger partial charge in [-0.3, -0.25) is 4.79 Å². The number of nitrogens with one attached hydrogen (secondary N) is 2. The summed E-state index contributed by atoms with van der Waals surface area (Å²) >= 11 is 0. The number of aromatic nitrogens is 2. The first-order valence-electron chi connectivity index (χ1n) is 8.38. The van der Waals surface area contributed by atoms with Crippen LogP contribution in [0.2, 0.25) is 0 Å². The summed E-state index contributed by atoms with van der Waals surface area (Å²) in [5.74, 6) is 0.548. The van der Waals surface area contributed by atoms with Crippen molar-refractivity contribution in [3.8, 4) is 22.8 Å². The second-order valence-corrected chi connectivity index (χ2v) is 6.95. The number of aromatic amines is 1. The number of hydrogen-bond donors (Lipinski definition) is 3. The van der Waals surface area contributed by atoms with Gasteiger partial charge in [0.15, 0.2) is 11.5 Å². The largest absolute Gasteiger partial charge is 0.493 e. The van der Waals surface area contributed by atoms with E-state index < -0.39 is 34.7 Å². The number of benzene rings is 2. The topological polar surface area (TPSA) is 110 Å². The van der Waals surface area contributed by atoms with Crippen LogP contribution in [0.25, 0.3) is 22.0 Å². The van der Waals surface area contributed by atoms with Crippen LogP contribution in [0.4, 0.5) is 13.2 Å². The molecule has 3 aromatic rings. The lowest BCUT2D eigenvalue weighted by Gasteiger charge is -2.15. The fourth-order valence-electron chi connectivity index (χ4n) is 3.00. The Morgan fingerprint density at radius 1 is 1.06 bits per heavy atom. The Bertz CT molecular complexity index is 1240. The van der Waals surface area contributed by atoms with Crippen LogP contribution in [0.15, 0.2) is 35.1 Å². The van der Waals surface area contributed by atoms with E-state index in [2.05, 4.69) is 10.2 Å². The van der Waals surface area contributed by atoms with Gasteiger partial charge in [-0.15, -0.1) is 12.4 Å². The maximum atomic E-state index is 13.6. The molecular weight excluding hydrogens is 463 g/mol. The first-order valence-corrected chi connectivity index (χ1v) is 9.56. The number of fused-ring (bicyclic) bond motifs is 1. The highest BCUT2D eigenvalue weighted by Gasteiger charge is 2.34. The molecule has 0 aliphatic rings. The lowest BCUT2D eigenvalue weighted by Crippen LogP contribution is -2.16. The zero-order chi connectivity index (χ0) is 22.1. The summed E-state index contributed by atoms with van der Waals surface area (Å²) in [6.07, 6.45) is -4.74. The Morgan fingerprint density at radius 2 is 1.68 bits per heavy atom. The molecule has 1 aromatic heterocycles. The maximum absolute atomic E-state index is 13.6. The van der Waals surface area contributed by atoms with E-state index in [1.165, 1.54) is 32.4 Å². The minimum Gasteiger partial charge on any atom is -0.493 e. The number of ether oxygens (including phenoxy) is 2. The van der Waals surface area contributed by atoms with Gasteiger partial charge in [0.05, 0.1) is 30.9 Å². The van der Waals surface area contributed by atoms with E-state index in [0.29, 0.717) is 0 Å². The Hall–Kier alpha value is -2.83. The van der Waals surface area contributed by atoms with Gasteiger partial charge in [0.2, 0.25) is 10.9 Å². The molecule has 0 bridgehead atoms. The first-order chi connectivity index (χ1) is 14.2. The molecule has 168 valence electrons. The second kappa shape index (κ2) is 9.54. The van der Waals surface area contributed by atoms with Crippen molar-refractivity contribution >= 4 is 34.1 Å². The molecule has 0 atom stereocenters. The van der Waals surface area contributed by atoms with Crippen LogP contribution in [0.3, 0.4) is 0 Å². The van der Waals surface area contributed by atoms with Crippen LogP contribution in [0, 0.1) is 0 Å². The standard InChI is InChI=1S/C18H16F3N3O5S.ClH/c1-28-14-6-11-12(7-15(14)29-2)17(25)24-23-16(11)9-3-4-10(8-22-30(26)27)13(5-9)18(19,20)21;/h3-7,30H,8H2,1-2H3,(H,24,25)(H,22,26,27);1H.